The van der Waals surface area contributed by atoms with Crippen molar-refractivity contribution in [1.29, 1.82) is 0 Å². The predicted molar refractivity (Wildman–Crippen MR) is 87.3 cm³/mol. The lowest BCUT2D eigenvalue weighted by Gasteiger charge is -2.41. The Labute approximate surface area is 129 Å². The first kappa shape index (κ1) is 15.0. The summed E-state index contributed by atoms with van der Waals surface area (Å²) in [5.41, 5.74) is 1.39. The molecule has 0 aromatic carbocycles. The van der Waals surface area contributed by atoms with E-state index in [1.807, 2.05) is 12.4 Å². The average molecular weight is 287 g/mol. The number of nitrogens with one attached hydrogen (secondary N) is 1. The van der Waals surface area contributed by atoms with E-state index >= 15 is 0 Å². The second-order valence-corrected chi connectivity index (χ2v) is 6.96. The van der Waals surface area contributed by atoms with Gasteiger partial charge in [0.1, 0.15) is 0 Å². The van der Waals surface area contributed by atoms with Crippen LogP contribution in [0.4, 0.5) is 0 Å². The molecule has 1 aromatic rings. The molecule has 21 heavy (non-hydrogen) atoms. The van der Waals surface area contributed by atoms with Gasteiger partial charge in [-0.3, -0.25) is 4.98 Å². The lowest BCUT2D eigenvalue weighted by Crippen LogP contribution is -2.52. The zero-order valence-electron chi connectivity index (χ0n) is 13.3. The molecule has 3 rings (SSSR count). The van der Waals surface area contributed by atoms with Gasteiger partial charge in [0.2, 0.25) is 0 Å². The van der Waals surface area contributed by atoms with Crippen LogP contribution >= 0.6 is 0 Å². The molecule has 1 aromatic heterocycles. The number of pyridine rings is 1. The van der Waals surface area contributed by atoms with Crippen LogP contribution in [0.1, 0.15) is 44.1 Å². The molecule has 116 valence electrons. The summed E-state index contributed by atoms with van der Waals surface area (Å²) in [5, 5.41) is 3.93. The Balaban J connectivity index is 1.41. The molecule has 3 unspecified atom stereocenters. The second-order valence-electron chi connectivity index (χ2n) is 6.96. The Bertz CT molecular complexity index is 420. The molecule has 1 saturated carbocycles. The SMILES string of the molecule is CN(CCc1ccncc1)CC1CCC2CCCCC2N1. The number of piperidine rings is 1. The highest BCUT2D eigenvalue weighted by molar-refractivity contribution is 5.09. The molecule has 3 atom stereocenters. The van der Waals surface area contributed by atoms with Crippen molar-refractivity contribution >= 4 is 0 Å². The number of aromatic nitrogens is 1. The molecule has 2 fully saturated rings. The maximum atomic E-state index is 4.08. The minimum atomic E-state index is 0.701. The third-order valence-corrected chi connectivity index (χ3v) is 5.31. The van der Waals surface area contributed by atoms with Crippen molar-refractivity contribution < 1.29 is 0 Å². The molecule has 1 saturated heterocycles. The molecule has 0 radical (unpaired) electrons. The number of hydrogen-bond donors (Lipinski definition) is 1. The minimum Gasteiger partial charge on any atom is -0.310 e. The normalized spacial score (nSPS) is 29.3. The van der Waals surface area contributed by atoms with E-state index in [9.17, 15) is 0 Å². The topological polar surface area (TPSA) is 28.2 Å². The Morgan fingerprint density at radius 3 is 2.81 bits per heavy atom. The number of fused-ring (bicyclic) bond motifs is 1. The fraction of sp³-hybridized carbons (Fsp3) is 0.722. The monoisotopic (exact) mass is 287 g/mol. The quantitative estimate of drug-likeness (QED) is 0.902. The van der Waals surface area contributed by atoms with Crippen LogP contribution in [0.5, 0.6) is 0 Å². The number of hydrogen-bond acceptors (Lipinski definition) is 3. The Morgan fingerprint density at radius 1 is 1.14 bits per heavy atom. The molecule has 3 nitrogen and oxygen atoms in total. The molecule has 3 heteroatoms. The first-order valence-electron chi connectivity index (χ1n) is 8.65. The highest BCUT2D eigenvalue weighted by Crippen LogP contribution is 2.32. The highest BCUT2D eigenvalue weighted by atomic mass is 15.1. The van der Waals surface area contributed by atoms with E-state index in [0.29, 0.717) is 6.04 Å². The molecule has 2 aliphatic rings. The van der Waals surface area contributed by atoms with Gasteiger partial charge in [0.15, 0.2) is 0 Å². The highest BCUT2D eigenvalue weighted by Gasteiger charge is 2.31. The molecule has 1 N–H and O–H groups in total. The van der Waals surface area contributed by atoms with Gasteiger partial charge in [-0.15, -0.1) is 0 Å². The zero-order chi connectivity index (χ0) is 14.5. The molecule has 1 aliphatic carbocycles. The summed E-state index contributed by atoms with van der Waals surface area (Å²) < 4.78 is 0. The van der Waals surface area contributed by atoms with Gasteiger partial charge >= 0.3 is 0 Å². The number of nitrogens with zero attached hydrogens (tertiary/aromatic N) is 2. The van der Waals surface area contributed by atoms with Gasteiger partial charge in [-0.2, -0.15) is 0 Å². The fourth-order valence-electron chi connectivity index (χ4n) is 4.05. The van der Waals surface area contributed by atoms with Crippen LogP contribution in [-0.2, 0) is 6.42 Å². The standard InChI is InChI=1S/C18H29N3/c1-21(13-10-15-8-11-19-12-9-15)14-17-7-6-16-4-2-3-5-18(16)20-17/h8-9,11-12,16-18,20H,2-7,10,13-14H2,1H3. The molecule has 1 aliphatic heterocycles. The Hall–Kier alpha value is -0.930. The van der Waals surface area contributed by atoms with Gasteiger partial charge in [0.05, 0.1) is 0 Å². The summed E-state index contributed by atoms with van der Waals surface area (Å²) in [4.78, 5) is 6.57. The second kappa shape index (κ2) is 7.37. The maximum absolute atomic E-state index is 4.08. The predicted octanol–water partition coefficient (Wildman–Crippen LogP) is 2.87. The van der Waals surface area contributed by atoms with Crippen molar-refractivity contribution in [3.05, 3.63) is 30.1 Å². The lowest BCUT2D eigenvalue weighted by molar-refractivity contribution is 0.153. The molecule has 0 spiro atoms. The van der Waals surface area contributed by atoms with Crippen molar-refractivity contribution in [3.63, 3.8) is 0 Å². The van der Waals surface area contributed by atoms with Gasteiger partial charge in [-0.25, -0.2) is 0 Å². The smallest absolute Gasteiger partial charge is 0.0270 e. The van der Waals surface area contributed by atoms with Crippen molar-refractivity contribution in [2.24, 2.45) is 5.92 Å². The third kappa shape index (κ3) is 4.27. The van der Waals surface area contributed by atoms with Crippen LogP contribution in [0.25, 0.3) is 0 Å². The van der Waals surface area contributed by atoms with Crippen LogP contribution in [-0.4, -0.2) is 42.1 Å². The van der Waals surface area contributed by atoms with E-state index < -0.39 is 0 Å². The van der Waals surface area contributed by atoms with Gasteiger partial charge < -0.3 is 10.2 Å². The summed E-state index contributed by atoms with van der Waals surface area (Å²) in [5.74, 6) is 0.970. The summed E-state index contributed by atoms with van der Waals surface area (Å²) in [7, 11) is 2.26. The van der Waals surface area contributed by atoms with Crippen molar-refractivity contribution in [3.8, 4) is 0 Å². The molecule has 2 heterocycles. The Morgan fingerprint density at radius 2 is 1.95 bits per heavy atom. The Kier molecular flexibility index (Phi) is 5.26. The zero-order valence-corrected chi connectivity index (χ0v) is 13.3. The summed E-state index contributed by atoms with van der Waals surface area (Å²) >= 11 is 0. The third-order valence-electron chi connectivity index (χ3n) is 5.31. The van der Waals surface area contributed by atoms with Crippen LogP contribution in [0.3, 0.4) is 0 Å². The van der Waals surface area contributed by atoms with E-state index in [2.05, 4.69) is 34.4 Å². The average Bonchev–Trinajstić information content (AvgIpc) is 2.54. The van der Waals surface area contributed by atoms with Crippen LogP contribution in [0.15, 0.2) is 24.5 Å². The summed E-state index contributed by atoms with van der Waals surface area (Å²) in [6.45, 7) is 2.32. The largest absolute Gasteiger partial charge is 0.310 e. The molecule has 0 amide bonds. The lowest BCUT2D eigenvalue weighted by atomic mass is 9.78. The molecular formula is C18H29N3. The first-order chi connectivity index (χ1) is 10.3. The van der Waals surface area contributed by atoms with E-state index in [4.69, 9.17) is 0 Å². The van der Waals surface area contributed by atoms with Gasteiger partial charge in [0.25, 0.3) is 0 Å². The van der Waals surface area contributed by atoms with E-state index in [1.165, 1.54) is 50.6 Å². The van der Waals surface area contributed by atoms with Gasteiger partial charge in [0, 0.05) is 37.6 Å². The fourth-order valence-corrected chi connectivity index (χ4v) is 4.05. The first-order valence-corrected chi connectivity index (χ1v) is 8.65. The number of likely N-dealkylation sites (N-methyl/N-ethyl adjacent to an activating group) is 1. The minimum absolute atomic E-state index is 0.701. The van der Waals surface area contributed by atoms with Crippen molar-refractivity contribution in [2.75, 3.05) is 20.1 Å². The van der Waals surface area contributed by atoms with Crippen LogP contribution in [0.2, 0.25) is 0 Å². The van der Waals surface area contributed by atoms with E-state index in [0.717, 1.165) is 24.9 Å². The summed E-state index contributed by atoms with van der Waals surface area (Å²) in [6, 6.07) is 5.76. The van der Waals surface area contributed by atoms with Crippen LogP contribution < -0.4 is 5.32 Å². The van der Waals surface area contributed by atoms with Gasteiger partial charge in [-0.05, 0) is 62.8 Å². The van der Waals surface area contributed by atoms with E-state index in [1.54, 1.807) is 0 Å². The number of rotatable bonds is 5. The van der Waals surface area contributed by atoms with Crippen LogP contribution in [0, 0.1) is 5.92 Å². The van der Waals surface area contributed by atoms with Crippen molar-refractivity contribution in [2.45, 2.75) is 57.0 Å². The molecular weight excluding hydrogens is 258 g/mol. The molecule has 0 bridgehead atoms. The summed E-state index contributed by atoms with van der Waals surface area (Å²) in [6.07, 6.45) is 13.5. The van der Waals surface area contributed by atoms with Gasteiger partial charge in [-0.1, -0.05) is 12.8 Å². The maximum Gasteiger partial charge on any atom is 0.0270 e. The van der Waals surface area contributed by atoms with E-state index in [-0.39, 0.29) is 0 Å². The van der Waals surface area contributed by atoms with Crippen molar-refractivity contribution in [1.82, 2.24) is 15.2 Å².